The van der Waals surface area contributed by atoms with E-state index in [1.165, 1.54) is 0 Å². The Kier molecular flexibility index (Phi) is 3.91. The van der Waals surface area contributed by atoms with Crippen LogP contribution in [-0.4, -0.2) is 31.2 Å². The second kappa shape index (κ2) is 5.96. The van der Waals surface area contributed by atoms with Gasteiger partial charge in [0.1, 0.15) is 0 Å². The highest BCUT2D eigenvalue weighted by atomic mass is 32.1. The summed E-state index contributed by atoms with van der Waals surface area (Å²) in [7, 11) is 0. The molecular formula is C20H21NO2S. The van der Waals surface area contributed by atoms with Crippen molar-refractivity contribution >= 4 is 31.5 Å². The predicted octanol–water partition coefficient (Wildman–Crippen LogP) is 3.98. The fraction of sp³-hybridized carbons (Fsp3) is 0.350. The van der Waals surface area contributed by atoms with E-state index in [1.54, 1.807) is 11.3 Å². The molecule has 3 aromatic rings. The highest BCUT2D eigenvalue weighted by molar-refractivity contribution is 7.24. The fourth-order valence-electron chi connectivity index (χ4n) is 3.65. The maximum Gasteiger partial charge on any atom is 0.196 e. The molecule has 24 heavy (non-hydrogen) atoms. The maximum absolute atomic E-state index is 13.2. The second-order valence-corrected chi connectivity index (χ2v) is 7.85. The number of nitrogens with zero attached hydrogens (tertiary/aromatic N) is 1. The third kappa shape index (κ3) is 2.46. The molecular weight excluding hydrogens is 318 g/mol. The monoisotopic (exact) mass is 339 g/mol. The third-order valence-electron chi connectivity index (χ3n) is 5.07. The number of hydrogen-bond acceptors (Lipinski definition) is 4. The largest absolute Gasteiger partial charge is 0.379 e. The standard InChI is InChI=1S/C20H21NO2S/c1-20(2,21-10-12-23-13-11-21)15-7-5-9-17-18(15)19(22)14-6-3-4-8-16(14)24-17/h3-9H,10-13H2,1-2H3. The second-order valence-electron chi connectivity index (χ2n) is 6.76. The van der Waals surface area contributed by atoms with Crippen LogP contribution in [-0.2, 0) is 10.3 Å². The van der Waals surface area contributed by atoms with Crippen molar-refractivity contribution in [1.29, 1.82) is 0 Å². The molecule has 3 nitrogen and oxygen atoms in total. The topological polar surface area (TPSA) is 29.5 Å². The molecule has 0 atom stereocenters. The molecule has 1 aliphatic heterocycles. The first kappa shape index (κ1) is 15.8. The summed E-state index contributed by atoms with van der Waals surface area (Å²) in [6.45, 7) is 7.73. The van der Waals surface area contributed by atoms with E-state index >= 15 is 0 Å². The smallest absolute Gasteiger partial charge is 0.196 e. The van der Waals surface area contributed by atoms with Gasteiger partial charge >= 0.3 is 0 Å². The van der Waals surface area contributed by atoms with E-state index in [4.69, 9.17) is 4.74 Å². The molecule has 0 saturated carbocycles. The summed E-state index contributed by atoms with van der Waals surface area (Å²) in [5.74, 6) is 0. The van der Waals surface area contributed by atoms with Gasteiger partial charge in [0.25, 0.3) is 0 Å². The molecule has 0 radical (unpaired) electrons. The van der Waals surface area contributed by atoms with Crippen LogP contribution in [0.4, 0.5) is 0 Å². The van der Waals surface area contributed by atoms with E-state index in [9.17, 15) is 4.79 Å². The Morgan fingerprint density at radius 1 is 1.00 bits per heavy atom. The Bertz CT molecular complexity index is 955. The van der Waals surface area contributed by atoms with Crippen LogP contribution in [0.1, 0.15) is 19.4 Å². The van der Waals surface area contributed by atoms with Gasteiger partial charge < -0.3 is 4.74 Å². The minimum absolute atomic E-state index is 0.149. The van der Waals surface area contributed by atoms with Crippen LogP contribution in [0.25, 0.3) is 20.2 Å². The number of benzene rings is 2. The van der Waals surface area contributed by atoms with Crippen LogP contribution in [0.2, 0.25) is 0 Å². The third-order valence-corrected chi connectivity index (χ3v) is 6.20. The zero-order valence-corrected chi connectivity index (χ0v) is 14.9. The zero-order valence-electron chi connectivity index (χ0n) is 14.0. The van der Waals surface area contributed by atoms with Gasteiger partial charge in [-0.3, -0.25) is 9.69 Å². The lowest BCUT2D eigenvalue weighted by molar-refractivity contribution is -0.0113. The minimum atomic E-state index is -0.197. The summed E-state index contributed by atoms with van der Waals surface area (Å²) >= 11 is 1.70. The summed E-state index contributed by atoms with van der Waals surface area (Å²) in [6.07, 6.45) is 0. The van der Waals surface area contributed by atoms with Crippen LogP contribution in [0, 0.1) is 0 Å². The molecule has 1 aromatic heterocycles. The Balaban J connectivity index is 1.98. The maximum atomic E-state index is 13.2. The average Bonchev–Trinajstić information content (AvgIpc) is 2.62. The molecule has 0 bridgehead atoms. The van der Waals surface area contributed by atoms with Crippen molar-refractivity contribution in [3.8, 4) is 0 Å². The van der Waals surface area contributed by atoms with Crippen LogP contribution in [0.5, 0.6) is 0 Å². The van der Waals surface area contributed by atoms with E-state index in [1.807, 2.05) is 24.3 Å². The van der Waals surface area contributed by atoms with Crippen LogP contribution in [0.3, 0.4) is 0 Å². The lowest BCUT2D eigenvalue weighted by Gasteiger charge is -2.41. The van der Waals surface area contributed by atoms with Crippen LogP contribution >= 0.6 is 11.3 Å². The molecule has 1 fully saturated rings. The number of fused-ring (bicyclic) bond motifs is 2. The normalized spacial score (nSPS) is 16.8. The van der Waals surface area contributed by atoms with Gasteiger partial charge in [-0.2, -0.15) is 0 Å². The van der Waals surface area contributed by atoms with Gasteiger partial charge in [-0.1, -0.05) is 24.3 Å². The molecule has 0 N–H and O–H groups in total. The van der Waals surface area contributed by atoms with Gasteiger partial charge in [0, 0.05) is 38.8 Å². The predicted molar refractivity (Wildman–Crippen MR) is 101 cm³/mol. The summed E-state index contributed by atoms with van der Waals surface area (Å²) in [6, 6.07) is 14.1. The van der Waals surface area contributed by atoms with E-state index in [2.05, 4.69) is 36.9 Å². The van der Waals surface area contributed by atoms with Gasteiger partial charge in [-0.15, -0.1) is 11.3 Å². The van der Waals surface area contributed by atoms with Gasteiger partial charge in [0.05, 0.1) is 13.2 Å². The minimum Gasteiger partial charge on any atom is -0.379 e. The van der Waals surface area contributed by atoms with Gasteiger partial charge in [0.2, 0.25) is 0 Å². The fourth-order valence-corrected chi connectivity index (χ4v) is 4.75. The summed E-state index contributed by atoms with van der Waals surface area (Å²) in [5, 5.41) is 1.69. The Labute approximate surface area is 145 Å². The number of ether oxygens (including phenoxy) is 1. The molecule has 1 aliphatic rings. The summed E-state index contributed by atoms with van der Waals surface area (Å²) in [4.78, 5) is 15.6. The van der Waals surface area contributed by atoms with Crippen LogP contribution < -0.4 is 5.43 Å². The van der Waals surface area contributed by atoms with Gasteiger partial charge in [-0.05, 0) is 37.6 Å². The highest BCUT2D eigenvalue weighted by Crippen LogP contribution is 2.35. The van der Waals surface area contributed by atoms with Gasteiger partial charge in [-0.25, -0.2) is 0 Å². The molecule has 0 spiro atoms. The lowest BCUT2D eigenvalue weighted by Crippen LogP contribution is -2.48. The van der Waals surface area contributed by atoms with Crippen molar-refractivity contribution in [2.24, 2.45) is 0 Å². The highest BCUT2D eigenvalue weighted by Gasteiger charge is 2.32. The first-order chi connectivity index (χ1) is 11.6. The van der Waals surface area contributed by atoms with E-state index in [0.29, 0.717) is 0 Å². The van der Waals surface area contributed by atoms with E-state index < -0.39 is 0 Å². The van der Waals surface area contributed by atoms with E-state index in [-0.39, 0.29) is 11.0 Å². The molecule has 1 saturated heterocycles. The molecule has 124 valence electrons. The lowest BCUT2D eigenvalue weighted by atomic mass is 9.88. The van der Waals surface area contributed by atoms with E-state index in [0.717, 1.165) is 52.0 Å². The van der Waals surface area contributed by atoms with Crippen molar-refractivity contribution in [2.45, 2.75) is 19.4 Å². The molecule has 2 aromatic carbocycles. The molecule has 0 unspecified atom stereocenters. The van der Waals surface area contributed by atoms with Crippen LogP contribution in [0.15, 0.2) is 47.3 Å². The zero-order chi connectivity index (χ0) is 16.7. The van der Waals surface area contributed by atoms with Crippen molar-refractivity contribution in [3.05, 3.63) is 58.3 Å². The SMILES string of the molecule is CC(C)(c1cccc2sc3ccccc3c(=O)c12)N1CCOCC1. The average molecular weight is 339 g/mol. The number of rotatable bonds is 2. The summed E-state index contributed by atoms with van der Waals surface area (Å²) in [5.41, 5.74) is 1.07. The molecule has 4 rings (SSSR count). The Morgan fingerprint density at radius 2 is 1.71 bits per heavy atom. The molecule has 0 aliphatic carbocycles. The number of hydrogen-bond donors (Lipinski definition) is 0. The molecule has 4 heteroatoms. The van der Waals surface area contributed by atoms with Crippen molar-refractivity contribution in [1.82, 2.24) is 4.90 Å². The first-order valence-electron chi connectivity index (χ1n) is 8.37. The first-order valence-corrected chi connectivity index (χ1v) is 9.18. The molecule has 0 amide bonds. The number of morpholine rings is 1. The van der Waals surface area contributed by atoms with Crippen molar-refractivity contribution in [3.63, 3.8) is 0 Å². The summed E-state index contributed by atoms with van der Waals surface area (Å²) < 4.78 is 7.62. The van der Waals surface area contributed by atoms with Crippen molar-refractivity contribution in [2.75, 3.05) is 26.3 Å². The molecule has 2 heterocycles. The Morgan fingerprint density at radius 3 is 2.50 bits per heavy atom. The van der Waals surface area contributed by atoms with Crippen molar-refractivity contribution < 1.29 is 4.74 Å². The Hall–Kier alpha value is -1.75. The van der Waals surface area contributed by atoms with Gasteiger partial charge in [0.15, 0.2) is 5.43 Å². The quantitative estimate of drug-likeness (QED) is 0.661.